The summed E-state index contributed by atoms with van der Waals surface area (Å²) in [5.41, 5.74) is 0.741. The molecular formula is C14H17ClF3N5O2. The second kappa shape index (κ2) is 10.5. The van der Waals surface area contributed by atoms with Crippen molar-refractivity contribution in [2.75, 3.05) is 13.3 Å². The number of hydrogen-bond donors (Lipinski definition) is 0. The van der Waals surface area contributed by atoms with Crippen LogP contribution in [0.4, 0.5) is 13.2 Å². The van der Waals surface area contributed by atoms with Gasteiger partial charge in [0.15, 0.2) is 6.61 Å². The lowest BCUT2D eigenvalue weighted by Crippen LogP contribution is -2.21. The molecule has 0 amide bonds. The smallest absolute Gasteiger partial charge is 0.422 e. The SMILES string of the molecule is C=NN(CON=C(/N=C\CC)OCC(F)(F)F)Cc1cncc(Cl)c1. The monoisotopic (exact) mass is 379 g/mol. The number of nitrogens with zero attached hydrogens (tertiary/aromatic N) is 5. The molecule has 25 heavy (non-hydrogen) atoms. The number of hydrazone groups is 1. The van der Waals surface area contributed by atoms with Crippen molar-refractivity contribution >= 4 is 30.6 Å². The number of pyridine rings is 1. The Kier molecular flexibility index (Phi) is 8.68. The van der Waals surface area contributed by atoms with Gasteiger partial charge in [0, 0.05) is 25.3 Å². The van der Waals surface area contributed by atoms with Crippen LogP contribution in [0.1, 0.15) is 18.9 Å². The molecule has 11 heteroatoms. The molecule has 0 aliphatic carbocycles. The number of amidine groups is 1. The largest absolute Gasteiger partial charge is 0.452 e. The number of aliphatic imine (C=N–C) groups is 1. The third kappa shape index (κ3) is 9.50. The van der Waals surface area contributed by atoms with E-state index in [0.29, 0.717) is 11.4 Å². The molecule has 1 aromatic rings. The molecular weight excluding hydrogens is 363 g/mol. The fraction of sp³-hybridized carbons (Fsp3) is 0.429. The van der Waals surface area contributed by atoms with Gasteiger partial charge in [-0.1, -0.05) is 18.5 Å². The number of halogens is 4. The summed E-state index contributed by atoms with van der Waals surface area (Å²) in [4.78, 5) is 12.5. The molecule has 0 aliphatic rings. The zero-order chi connectivity index (χ0) is 18.7. The van der Waals surface area contributed by atoms with E-state index < -0.39 is 18.8 Å². The first-order chi connectivity index (χ1) is 11.8. The minimum atomic E-state index is -4.50. The van der Waals surface area contributed by atoms with E-state index in [2.05, 4.69) is 31.7 Å². The van der Waals surface area contributed by atoms with Gasteiger partial charge in [-0.3, -0.25) is 9.99 Å². The van der Waals surface area contributed by atoms with Crippen LogP contribution in [-0.4, -0.2) is 48.5 Å². The molecule has 0 aromatic carbocycles. The van der Waals surface area contributed by atoms with Crippen molar-refractivity contribution in [3.63, 3.8) is 0 Å². The summed E-state index contributed by atoms with van der Waals surface area (Å²) in [5.74, 6) is 0. The summed E-state index contributed by atoms with van der Waals surface area (Å²) in [7, 11) is 0. The van der Waals surface area contributed by atoms with Crippen LogP contribution in [0.3, 0.4) is 0 Å². The molecule has 0 unspecified atom stereocenters. The van der Waals surface area contributed by atoms with Crippen LogP contribution in [0.25, 0.3) is 0 Å². The van der Waals surface area contributed by atoms with E-state index in [9.17, 15) is 13.2 Å². The van der Waals surface area contributed by atoms with E-state index in [1.807, 2.05) is 0 Å². The van der Waals surface area contributed by atoms with Gasteiger partial charge in [-0.15, -0.1) is 0 Å². The molecule has 1 aromatic heterocycles. The fourth-order valence-electron chi connectivity index (χ4n) is 1.44. The van der Waals surface area contributed by atoms with Gasteiger partial charge in [0.1, 0.15) is 0 Å². The summed E-state index contributed by atoms with van der Waals surface area (Å²) in [6.07, 6.45) is 0.400. The van der Waals surface area contributed by atoms with Crippen LogP contribution in [0.5, 0.6) is 0 Å². The molecule has 0 saturated carbocycles. The number of oxime groups is 1. The lowest BCUT2D eigenvalue weighted by Gasteiger charge is -2.16. The zero-order valence-corrected chi connectivity index (χ0v) is 14.2. The first kappa shape index (κ1) is 20.7. The van der Waals surface area contributed by atoms with Gasteiger partial charge in [-0.05, 0) is 23.2 Å². The van der Waals surface area contributed by atoms with Crippen LogP contribution in [0.15, 0.2) is 33.7 Å². The first-order valence-corrected chi connectivity index (χ1v) is 7.45. The van der Waals surface area contributed by atoms with Crippen molar-refractivity contribution in [1.82, 2.24) is 9.99 Å². The van der Waals surface area contributed by atoms with Gasteiger partial charge in [0.2, 0.25) is 6.73 Å². The minimum absolute atomic E-state index is 0.184. The second-order valence-corrected chi connectivity index (χ2v) is 5.01. The number of aromatic nitrogens is 1. The lowest BCUT2D eigenvalue weighted by molar-refractivity contribution is -0.157. The van der Waals surface area contributed by atoms with E-state index in [-0.39, 0.29) is 13.3 Å². The maximum Gasteiger partial charge on any atom is 0.422 e. The molecule has 0 aliphatic heterocycles. The van der Waals surface area contributed by atoms with Crippen LogP contribution in [0, 0.1) is 0 Å². The highest BCUT2D eigenvalue weighted by Gasteiger charge is 2.29. The second-order valence-electron chi connectivity index (χ2n) is 4.57. The highest BCUT2D eigenvalue weighted by atomic mass is 35.5. The van der Waals surface area contributed by atoms with Crippen molar-refractivity contribution in [3.05, 3.63) is 29.0 Å². The summed E-state index contributed by atoms with van der Waals surface area (Å²) >= 11 is 5.83. The fourth-order valence-corrected chi connectivity index (χ4v) is 1.64. The molecule has 0 radical (unpaired) electrons. The van der Waals surface area contributed by atoms with Crippen LogP contribution in [0.2, 0.25) is 5.02 Å². The minimum Gasteiger partial charge on any atom is -0.452 e. The normalized spacial score (nSPS) is 12.3. The molecule has 0 saturated heterocycles. The van der Waals surface area contributed by atoms with E-state index in [4.69, 9.17) is 16.4 Å². The highest BCUT2D eigenvalue weighted by Crippen LogP contribution is 2.15. The Hall–Kier alpha value is -2.36. The van der Waals surface area contributed by atoms with Gasteiger partial charge >= 0.3 is 12.2 Å². The molecule has 0 spiro atoms. The average Bonchev–Trinajstić information content (AvgIpc) is 2.55. The number of ether oxygens (including phenoxy) is 1. The Morgan fingerprint density at radius 2 is 2.20 bits per heavy atom. The quantitative estimate of drug-likeness (QED) is 0.300. The predicted molar refractivity (Wildman–Crippen MR) is 88.5 cm³/mol. The molecule has 0 N–H and O–H groups in total. The van der Waals surface area contributed by atoms with Gasteiger partial charge in [-0.25, -0.2) is 4.99 Å². The van der Waals surface area contributed by atoms with Gasteiger partial charge in [-0.2, -0.15) is 18.3 Å². The number of hydrogen-bond acceptors (Lipinski definition) is 6. The molecule has 1 heterocycles. The van der Waals surface area contributed by atoms with Crippen LogP contribution in [-0.2, 0) is 16.1 Å². The summed E-state index contributed by atoms with van der Waals surface area (Å²) in [5, 5.41) is 8.97. The highest BCUT2D eigenvalue weighted by molar-refractivity contribution is 6.30. The molecule has 7 nitrogen and oxygen atoms in total. The van der Waals surface area contributed by atoms with Gasteiger partial charge in [0.25, 0.3) is 0 Å². The topological polar surface area (TPSA) is 71.7 Å². The number of alkyl halides is 3. The van der Waals surface area contributed by atoms with Gasteiger partial charge in [0.05, 0.1) is 11.6 Å². The van der Waals surface area contributed by atoms with Crippen molar-refractivity contribution in [2.24, 2.45) is 15.2 Å². The summed E-state index contributed by atoms with van der Waals surface area (Å²) in [6, 6.07) is 1.15. The van der Waals surface area contributed by atoms with E-state index >= 15 is 0 Å². The Morgan fingerprint density at radius 1 is 1.44 bits per heavy atom. The average molecular weight is 380 g/mol. The third-order valence-electron chi connectivity index (χ3n) is 2.43. The summed E-state index contributed by atoms with van der Waals surface area (Å²) in [6.45, 7) is 3.70. The van der Waals surface area contributed by atoms with Crippen LogP contribution >= 0.6 is 11.6 Å². The Labute approximate surface area is 147 Å². The van der Waals surface area contributed by atoms with Crippen molar-refractivity contribution in [3.8, 4) is 0 Å². The van der Waals surface area contributed by atoms with E-state index in [1.165, 1.54) is 17.4 Å². The van der Waals surface area contributed by atoms with Crippen molar-refractivity contribution in [1.29, 1.82) is 0 Å². The maximum absolute atomic E-state index is 12.2. The van der Waals surface area contributed by atoms with E-state index in [1.54, 1.807) is 19.2 Å². The molecule has 0 bridgehead atoms. The summed E-state index contributed by atoms with van der Waals surface area (Å²) < 4.78 is 41.1. The van der Waals surface area contributed by atoms with Gasteiger partial charge < -0.3 is 9.57 Å². The molecule has 0 fully saturated rings. The molecule has 1 rings (SSSR count). The lowest BCUT2D eigenvalue weighted by atomic mass is 10.3. The van der Waals surface area contributed by atoms with Crippen molar-refractivity contribution in [2.45, 2.75) is 26.1 Å². The van der Waals surface area contributed by atoms with E-state index in [0.717, 1.165) is 5.56 Å². The standard InChI is InChI=1S/C14H17ClF3N5O2/c1-3-4-21-13(24-9-14(16,17)18)22-25-10-23(19-2)8-11-5-12(15)7-20-6-11/h4-7H,2-3,8-10H2,1H3/b21-4-,22-13?. The van der Waals surface area contributed by atoms with Crippen LogP contribution < -0.4 is 0 Å². The first-order valence-electron chi connectivity index (χ1n) is 7.07. The predicted octanol–water partition coefficient (Wildman–Crippen LogP) is 3.46. The maximum atomic E-state index is 12.2. The number of rotatable bonds is 8. The Balaban J connectivity index is 2.61. The third-order valence-corrected chi connectivity index (χ3v) is 2.63. The van der Waals surface area contributed by atoms with Crippen molar-refractivity contribution < 1.29 is 22.7 Å². The zero-order valence-electron chi connectivity index (χ0n) is 13.4. The Morgan fingerprint density at radius 3 is 2.80 bits per heavy atom. The molecule has 138 valence electrons. The molecule has 0 atom stereocenters. The Bertz CT molecular complexity index is 610.